The van der Waals surface area contributed by atoms with E-state index in [9.17, 15) is 10.1 Å². The van der Waals surface area contributed by atoms with Crippen molar-refractivity contribution in [3.63, 3.8) is 0 Å². The predicted octanol–water partition coefficient (Wildman–Crippen LogP) is 2.20. The Hall–Kier alpha value is -4.65. The first kappa shape index (κ1) is 18.4. The lowest BCUT2D eigenvalue weighted by atomic mass is 9.98. The molecule has 10 heteroatoms. The minimum atomic E-state index is -0.375. The van der Waals surface area contributed by atoms with Gasteiger partial charge in [0.2, 0.25) is 5.82 Å². The van der Waals surface area contributed by atoms with Crippen LogP contribution in [0.4, 0.5) is 0 Å². The zero-order valence-corrected chi connectivity index (χ0v) is 16.4. The van der Waals surface area contributed by atoms with Gasteiger partial charge in [0.25, 0.3) is 5.56 Å². The highest BCUT2D eigenvalue weighted by Crippen LogP contribution is 2.30. The van der Waals surface area contributed by atoms with Crippen LogP contribution in [-0.2, 0) is 6.54 Å². The molecule has 3 heterocycles. The van der Waals surface area contributed by atoms with E-state index in [0.717, 1.165) is 22.3 Å². The number of nitriles is 1. The van der Waals surface area contributed by atoms with Gasteiger partial charge in [-0.2, -0.15) is 15.6 Å². The number of aromatic amines is 2. The number of hydrogen-bond acceptors (Lipinski definition) is 7. The molecule has 0 bridgehead atoms. The molecule has 0 spiro atoms. The summed E-state index contributed by atoms with van der Waals surface area (Å²) in [5, 5.41) is 29.7. The van der Waals surface area contributed by atoms with Gasteiger partial charge in [0.05, 0.1) is 0 Å². The predicted molar refractivity (Wildman–Crippen MR) is 112 cm³/mol. The van der Waals surface area contributed by atoms with E-state index < -0.39 is 0 Å². The van der Waals surface area contributed by atoms with E-state index >= 15 is 0 Å². The van der Waals surface area contributed by atoms with E-state index in [2.05, 4.69) is 35.8 Å². The van der Waals surface area contributed by atoms with E-state index in [4.69, 9.17) is 0 Å². The van der Waals surface area contributed by atoms with Gasteiger partial charge in [0.15, 0.2) is 5.69 Å². The molecule has 0 aliphatic rings. The Bertz CT molecular complexity index is 1490. The lowest BCUT2D eigenvalue weighted by Gasteiger charge is -2.10. The van der Waals surface area contributed by atoms with Crippen LogP contribution >= 0.6 is 0 Å². The SMILES string of the molecule is Cc1nc2c(C#N)n[nH]c(=O)c2n1Cc1ccc(-c2ccccc2-c2nn[nH]n2)cc1. The fraction of sp³-hybridized carbons (Fsp3) is 0.0952. The fourth-order valence-electron chi connectivity index (χ4n) is 3.62. The Morgan fingerprint density at radius 1 is 1.06 bits per heavy atom. The third kappa shape index (κ3) is 3.14. The van der Waals surface area contributed by atoms with Crippen LogP contribution in [0.2, 0.25) is 0 Å². The Morgan fingerprint density at radius 3 is 2.55 bits per heavy atom. The van der Waals surface area contributed by atoms with Crippen molar-refractivity contribution in [3.05, 3.63) is 76.0 Å². The molecule has 2 N–H and O–H groups in total. The number of nitrogens with one attached hydrogen (secondary N) is 2. The van der Waals surface area contributed by atoms with Gasteiger partial charge in [-0.05, 0) is 28.8 Å². The first-order valence-corrected chi connectivity index (χ1v) is 9.43. The Kier molecular flexibility index (Phi) is 4.33. The van der Waals surface area contributed by atoms with Gasteiger partial charge in [-0.1, -0.05) is 48.5 Å². The van der Waals surface area contributed by atoms with Crippen molar-refractivity contribution >= 4 is 11.0 Å². The summed E-state index contributed by atoms with van der Waals surface area (Å²) in [5.41, 5.74) is 4.24. The number of tetrazole rings is 1. The van der Waals surface area contributed by atoms with Crippen LogP contribution in [0.15, 0.2) is 53.3 Å². The topological polar surface area (TPSA) is 142 Å². The van der Waals surface area contributed by atoms with E-state index in [0.29, 0.717) is 29.2 Å². The minimum Gasteiger partial charge on any atom is -0.319 e. The van der Waals surface area contributed by atoms with Crippen LogP contribution in [0, 0.1) is 18.3 Å². The Labute approximate surface area is 175 Å². The monoisotopic (exact) mass is 409 g/mol. The summed E-state index contributed by atoms with van der Waals surface area (Å²) in [7, 11) is 0. The second-order valence-corrected chi connectivity index (χ2v) is 6.93. The van der Waals surface area contributed by atoms with Crippen LogP contribution in [0.3, 0.4) is 0 Å². The third-order valence-electron chi connectivity index (χ3n) is 5.09. The molecule has 0 atom stereocenters. The van der Waals surface area contributed by atoms with Crippen LogP contribution in [0.5, 0.6) is 0 Å². The number of fused-ring (bicyclic) bond motifs is 1. The molecular formula is C21H15N9O. The molecule has 150 valence electrons. The highest BCUT2D eigenvalue weighted by Gasteiger charge is 2.16. The first-order chi connectivity index (χ1) is 15.2. The lowest BCUT2D eigenvalue weighted by molar-refractivity contribution is 0.780. The van der Waals surface area contributed by atoms with Crippen molar-refractivity contribution in [2.45, 2.75) is 13.5 Å². The number of benzene rings is 2. The molecule has 0 radical (unpaired) electrons. The quantitative estimate of drug-likeness (QED) is 0.463. The second-order valence-electron chi connectivity index (χ2n) is 6.93. The zero-order valence-electron chi connectivity index (χ0n) is 16.4. The molecule has 5 aromatic rings. The minimum absolute atomic E-state index is 0.102. The molecule has 5 rings (SSSR count). The number of aromatic nitrogens is 8. The first-order valence-electron chi connectivity index (χ1n) is 9.43. The lowest BCUT2D eigenvalue weighted by Crippen LogP contribution is -2.14. The summed E-state index contributed by atoms with van der Waals surface area (Å²) in [6.07, 6.45) is 0. The fourth-order valence-corrected chi connectivity index (χ4v) is 3.62. The van der Waals surface area contributed by atoms with Crippen molar-refractivity contribution in [1.82, 2.24) is 40.4 Å². The summed E-state index contributed by atoms with van der Waals surface area (Å²) < 4.78 is 1.79. The van der Waals surface area contributed by atoms with Crippen molar-refractivity contribution in [2.24, 2.45) is 0 Å². The third-order valence-corrected chi connectivity index (χ3v) is 5.09. The largest absolute Gasteiger partial charge is 0.319 e. The normalized spacial score (nSPS) is 11.0. The van der Waals surface area contributed by atoms with Crippen molar-refractivity contribution in [3.8, 4) is 28.6 Å². The smallest absolute Gasteiger partial charge is 0.290 e. The van der Waals surface area contributed by atoms with Crippen molar-refractivity contribution in [1.29, 1.82) is 5.26 Å². The molecule has 3 aromatic heterocycles. The molecule has 0 saturated carbocycles. The standard InChI is InChI=1S/C21H15N9O/c1-12-23-18-17(10-22)24-27-21(31)19(18)30(12)11-13-6-8-14(9-7-13)15-4-2-3-5-16(15)20-25-28-29-26-20/h2-9H,11H2,1H3,(H,27,31)(H,25,26,28,29). The van der Waals surface area contributed by atoms with Crippen LogP contribution in [-0.4, -0.2) is 40.4 Å². The summed E-state index contributed by atoms with van der Waals surface area (Å²) >= 11 is 0. The highest BCUT2D eigenvalue weighted by molar-refractivity contribution is 5.81. The molecule has 31 heavy (non-hydrogen) atoms. The summed E-state index contributed by atoms with van der Waals surface area (Å²) in [6, 6.07) is 17.8. The number of hydrogen-bond donors (Lipinski definition) is 2. The van der Waals surface area contributed by atoms with Gasteiger partial charge in [-0.3, -0.25) is 4.79 Å². The number of rotatable bonds is 4. The average molecular weight is 409 g/mol. The molecular weight excluding hydrogens is 394 g/mol. The Morgan fingerprint density at radius 2 is 1.84 bits per heavy atom. The summed E-state index contributed by atoms with van der Waals surface area (Å²) in [6.45, 7) is 2.24. The molecule has 0 unspecified atom stereocenters. The van der Waals surface area contributed by atoms with E-state index in [1.54, 1.807) is 11.5 Å². The van der Waals surface area contributed by atoms with E-state index in [1.807, 2.05) is 54.6 Å². The highest BCUT2D eigenvalue weighted by atomic mass is 16.1. The maximum atomic E-state index is 12.4. The zero-order chi connectivity index (χ0) is 21.4. The number of H-pyrrole nitrogens is 2. The maximum Gasteiger partial charge on any atom is 0.290 e. The summed E-state index contributed by atoms with van der Waals surface area (Å²) in [5.74, 6) is 1.16. The van der Waals surface area contributed by atoms with Crippen molar-refractivity contribution in [2.75, 3.05) is 0 Å². The van der Waals surface area contributed by atoms with Crippen LogP contribution < -0.4 is 5.56 Å². The van der Waals surface area contributed by atoms with Gasteiger partial charge in [-0.25, -0.2) is 10.1 Å². The number of nitrogens with zero attached hydrogens (tertiary/aromatic N) is 7. The van der Waals surface area contributed by atoms with Gasteiger partial charge in [-0.15, -0.1) is 10.2 Å². The maximum absolute atomic E-state index is 12.4. The second kappa shape index (κ2) is 7.31. The molecule has 0 saturated heterocycles. The van der Waals surface area contributed by atoms with Crippen LogP contribution in [0.1, 0.15) is 17.1 Å². The van der Waals surface area contributed by atoms with Crippen molar-refractivity contribution < 1.29 is 0 Å². The van der Waals surface area contributed by atoms with Gasteiger partial charge in [0, 0.05) is 12.1 Å². The van der Waals surface area contributed by atoms with Crippen LogP contribution in [0.25, 0.3) is 33.5 Å². The summed E-state index contributed by atoms with van der Waals surface area (Å²) in [4.78, 5) is 16.7. The molecule has 10 nitrogen and oxygen atoms in total. The average Bonchev–Trinajstić information content (AvgIpc) is 3.44. The van der Waals surface area contributed by atoms with Gasteiger partial charge >= 0.3 is 0 Å². The van der Waals surface area contributed by atoms with Gasteiger partial charge in [0.1, 0.15) is 22.9 Å². The van der Waals surface area contributed by atoms with E-state index in [-0.39, 0.29) is 11.3 Å². The Balaban J connectivity index is 1.52. The van der Waals surface area contributed by atoms with Gasteiger partial charge < -0.3 is 4.57 Å². The molecule has 0 amide bonds. The molecule has 0 fully saturated rings. The molecule has 2 aromatic carbocycles. The molecule has 0 aliphatic carbocycles. The number of aryl methyl sites for hydroxylation is 1. The number of imidazole rings is 1. The molecule has 0 aliphatic heterocycles. The van der Waals surface area contributed by atoms with E-state index in [1.165, 1.54) is 0 Å².